The average Bonchev–Trinajstić information content (AvgIpc) is 2.26. The molecular weight excluding hydrogens is 212 g/mol. The van der Waals surface area contributed by atoms with Gasteiger partial charge in [0, 0.05) is 17.0 Å². The van der Waals surface area contributed by atoms with Gasteiger partial charge in [0.15, 0.2) is 5.17 Å². The van der Waals surface area contributed by atoms with Crippen LogP contribution in [-0.4, -0.2) is 35.0 Å². The average molecular weight is 232 g/mol. The van der Waals surface area contributed by atoms with Gasteiger partial charge in [0.2, 0.25) is 0 Å². The SMILES string of the molecule is CCC1CCSC(=NCC(C)SC)N1. The van der Waals surface area contributed by atoms with E-state index in [9.17, 15) is 0 Å². The molecule has 1 saturated heterocycles. The second kappa shape index (κ2) is 6.62. The summed E-state index contributed by atoms with van der Waals surface area (Å²) in [5.41, 5.74) is 0. The Hall–Kier alpha value is 0.170. The van der Waals surface area contributed by atoms with E-state index in [1.165, 1.54) is 18.6 Å². The molecule has 0 saturated carbocycles. The van der Waals surface area contributed by atoms with Crippen LogP contribution in [0.3, 0.4) is 0 Å². The van der Waals surface area contributed by atoms with Gasteiger partial charge in [0.1, 0.15) is 0 Å². The van der Waals surface area contributed by atoms with Crippen LogP contribution in [0.4, 0.5) is 0 Å². The molecule has 0 aromatic rings. The fourth-order valence-corrected chi connectivity index (χ4v) is 2.50. The molecule has 1 fully saturated rings. The van der Waals surface area contributed by atoms with Crippen LogP contribution in [0.5, 0.6) is 0 Å². The van der Waals surface area contributed by atoms with Crippen molar-refractivity contribution in [3.05, 3.63) is 0 Å². The molecule has 1 aliphatic heterocycles. The molecule has 0 amide bonds. The second-order valence-electron chi connectivity index (χ2n) is 3.58. The molecule has 0 radical (unpaired) electrons. The van der Waals surface area contributed by atoms with Crippen molar-refractivity contribution in [1.29, 1.82) is 0 Å². The van der Waals surface area contributed by atoms with Crippen molar-refractivity contribution in [1.82, 2.24) is 5.32 Å². The first kappa shape index (κ1) is 12.2. The highest BCUT2D eigenvalue weighted by Gasteiger charge is 2.15. The Morgan fingerprint density at radius 1 is 1.71 bits per heavy atom. The predicted octanol–water partition coefficient (Wildman–Crippen LogP) is 2.60. The highest BCUT2D eigenvalue weighted by atomic mass is 32.2. The summed E-state index contributed by atoms with van der Waals surface area (Å²) in [5, 5.41) is 5.27. The van der Waals surface area contributed by atoms with Crippen molar-refractivity contribution < 1.29 is 0 Å². The van der Waals surface area contributed by atoms with E-state index in [-0.39, 0.29) is 0 Å². The van der Waals surface area contributed by atoms with Crippen LogP contribution in [0.25, 0.3) is 0 Å². The van der Waals surface area contributed by atoms with Crippen LogP contribution in [0, 0.1) is 0 Å². The van der Waals surface area contributed by atoms with E-state index < -0.39 is 0 Å². The molecule has 4 heteroatoms. The third-order valence-electron chi connectivity index (χ3n) is 2.42. The number of rotatable bonds is 4. The third kappa shape index (κ3) is 4.13. The van der Waals surface area contributed by atoms with E-state index in [1.807, 2.05) is 23.5 Å². The number of nitrogens with one attached hydrogen (secondary N) is 1. The van der Waals surface area contributed by atoms with Gasteiger partial charge >= 0.3 is 0 Å². The summed E-state index contributed by atoms with van der Waals surface area (Å²) < 4.78 is 0. The standard InChI is InChI=1S/C10H20N2S2/c1-4-9-5-6-14-10(12-9)11-7-8(2)13-3/h8-9H,4-7H2,1-3H3,(H,11,12). The molecule has 0 aromatic carbocycles. The molecule has 0 aromatic heterocycles. The van der Waals surface area contributed by atoms with Crippen molar-refractivity contribution >= 4 is 28.7 Å². The summed E-state index contributed by atoms with van der Waals surface area (Å²) in [6, 6.07) is 0.652. The highest BCUT2D eigenvalue weighted by Crippen LogP contribution is 2.16. The zero-order valence-corrected chi connectivity index (χ0v) is 10.9. The van der Waals surface area contributed by atoms with Gasteiger partial charge in [-0.3, -0.25) is 4.99 Å². The van der Waals surface area contributed by atoms with Crippen LogP contribution >= 0.6 is 23.5 Å². The van der Waals surface area contributed by atoms with E-state index in [1.54, 1.807) is 0 Å². The zero-order chi connectivity index (χ0) is 10.4. The van der Waals surface area contributed by atoms with Crippen molar-refractivity contribution in [3.8, 4) is 0 Å². The monoisotopic (exact) mass is 232 g/mol. The number of aliphatic imine (C=N–C) groups is 1. The molecule has 2 nitrogen and oxygen atoms in total. The molecule has 82 valence electrons. The van der Waals surface area contributed by atoms with E-state index >= 15 is 0 Å². The maximum Gasteiger partial charge on any atom is 0.156 e. The fourth-order valence-electron chi connectivity index (χ4n) is 1.27. The highest BCUT2D eigenvalue weighted by molar-refractivity contribution is 8.13. The molecular formula is C10H20N2S2. The zero-order valence-electron chi connectivity index (χ0n) is 9.25. The number of amidine groups is 1. The Morgan fingerprint density at radius 2 is 2.50 bits per heavy atom. The van der Waals surface area contributed by atoms with E-state index in [4.69, 9.17) is 0 Å². The molecule has 1 rings (SSSR count). The van der Waals surface area contributed by atoms with Gasteiger partial charge in [-0.25, -0.2) is 0 Å². The van der Waals surface area contributed by atoms with Crippen molar-refractivity contribution in [2.45, 2.75) is 38.0 Å². The Balaban J connectivity index is 2.35. The summed E-state index contributed by atoms with van der Waals surface area (Å²) in [6.45, 7) is 5.39. The first-order chi connectivity index (χ1) is 6.76. The van der Waals surface area contributed by atoms with E-state index in [0.717, 1.165) is 11.7 Å². The van der Waals surface area contributed by atoms with Gasteiger partial charge in [-0.1, -0.05) is 25.6 Å². The number of thioether (sulfide) groups is 2. The van der Waals surface area contributed by atoms with Crippen molar-refractivity contribution in [2.75, 3.05) is 18.6 Å². The first-order valence-electron chi connectivity index (χ1n) is 5.22. The number of hydrogen-bond acceptors (Lipinski definition) is 3. The fraction of sp³-hybridized carbons (Fsp3) is 0.900. The van der Waals surface area contributed by atoms with Crippen molar-refractivity contribution in [2.24, 2.45) is 4.99 Å². The summed E-state index contributed by atoms with van der Waals surface area (Å²) in [6.07, 6.45) is 4.62. The third-order valence-corrected chi connectivity index (χ3v) is 4.33. The smallest absolute Gasteiger partial charge is 0.156 e. The molecule has 2 unspecified atom stereocenters. The van der Waals surface area contributed by atoms with E-state index in [2.05, 4.69) is 30.4 Å². The van der Waals surface area contributed by atoms with Gasteiger partial charge in [-0.2, -0.15) is 11.8 Å². The van der Waals surface area contributed by atoms with Crippen LogP contribution in [-0.2, 0) is 0 Å². The van der Waals surface area contributed by atoms with Crippen LogP contribution in [0.2, 0.25) is 0 Å². The molecule has 1 heterocycles. The minimum atomic E-state index is 0.631. The quantitative estimate of drug-likeness (QED) is 0.806. The molecule has 1 aliphatic rings. The predicted molar refractivity (Wildman–Crippen MR) is 69.6 cm³/mol. The molecule has 0 bridgehead atoms. The van der Waals surface area contributed by atoms with Gasteiger partial charge in [-0.15, -0.1) is 0 Å². The van der Waals surface area contributed by atoms with E-state index in [0.29, 0.717) is 11.3 Å². The molecule has 1 N–H and O–H groups in total. The maximum atomic E-state index is 4.60. The van der Waals surface area contributed by atoms with Gasteiger partial charge in [0.05, 0.1) is 6.54 Å². The summed E-state index contributed by atoms with van der Waals surface area (Å²) in [5.74, 6) is 1.22. The molecule has 0 spiro atoms. The number of hydrogen-bond donors (Lipinski definition) is 1. The Morgan fingerprint density at radius 3 is 3.14 bits per heavy atom. The Bertz CT molecular complexity index is 195. The molecule has 0 aliphatic carbocycles. The largest absolute Gasteiger partial charge is 0.362 e. The number of nitrogens with zero attached hydrogens (tertiary/aromatic N) is 1. The molecule has 14 heavy (non-hydrogen) atoms. The lowest BCUT2D eigenvalue weighted by Gasteiger charge is -2.24. The van der Waals surface area contributed by atoms with Crippen molar-refractivity contribution in [3.63, 3.8) is 0 Å². The topological polar surface area (TPSA) is 24.4 Å². The lowest BCUT2D eigenvalue weighted by atomic mass is 10.2. The van der Waals surface area contributed by atoms with Gasteiger partial charge in [-0.05, 0) is 19.1 Å². The normalized spacial score (nSPS) is 27.4. The summed E-state index contributed by atoms with van der Waals surface area (Å²) in [7, 11) is 0. The summed E-state index contributed by atoms with van der Waals surface area (Å²) in [4.78, 5) is 4.60. The second-order valence-corrected chi connectivity index (χ2v) is 5.94. The van der Waals surface area contributed by atoms with Gasteiger partial charge in [0.25, 0.3) is 0 Å². The lowest BCUT2D eigenvalue weighted by molar-refractivity contribution is 0.570. The van der Waals surface area contributed by atoms with Crippen LogP contribution < -0.4 is 5.32 Å². The lowest BCUT2D eigenvalue weighted by Crippen LogP contribution is -2.37. The van der Waals surface area contributed by atoms with Gasteiger partial charge < -0.3 is 5.32 Å². The molecule has 2 atom stereocenters. The maximum absolute atomic E-state index is 4.60. The Labute approximate surface area is 95.7 Å². The summed E-state index contributed by atoms with van der Waals surface area (Å²) >= 11 is 3.74. The minimum Gasteiger partial charge on any atom is -0.362 e. The van der Waals surface area contributed by atoms with Crippen LogP contribution in [0.15, 0.2) is 4.99 Å². The first-order valence-corrected chi connectivity index (χ1v) is 7.50. The Kier molecular flexibility index (Phi) is 5.78. The van der Waals surface area contributed by atoms with Crippen LogP contribution in [0.1, 0.15) is 26.7 Å². The minimum absolute atomic E-state index is 0.631.